The standard InChI is InChI=1S/C21H28FN3O2/c1-15-2-7-19(27-15)20-16(13-24-25-20)12-23-14-21(8-10-26-11-9-21)17-3-5-18(22)6-4-17/h2-7,16,20,23-25H,8-14H2,1H3. The predicted molar refractivity (Wildman–Crippen MR) is 102 cm³/mol. The lowest BCUT2D eigenvalue weighted by Crippen LogP contribution is -2.44. The van der Waals surface area contributed by atoms with Gasteiger partial charge in [0.1, 0.15) is 17.3 Å². The molecule has 0 amide bonds. The van der Waals surface area contributed by atoms with Crippen molar-refractivity contribution >= 4 is 0 Å². The van der Waals surface area contributed by atoms with Gasteiger partial charge in [0.05, 0.1) is 6.04 Å². The number of hydrazine groups is 1. The Morgan fingerprint density at radius 2 is 1.93 bits per heavy atom. The molecule has 2 aromatic rings. The van der Waals surface area contributed by atoms with Crippen molar-refractivity contribution in [1.29, 1.82) is 0 Å². The Morgan fingerprint density at radius 1 is 1.15 bits per heavy atom. The summed E-state index contributed by atoms with van der Waals surface area (Å²) in [6, 6.07) is 11.2. The Balaban J connectivity index is 1.41. The molecule has 3 N–H and O–H groups in total. The molecule has 1 aromatic heterocycles. The van der Waals surface area contributed by atoms with Crippen LogP contribution in [0.15, 0.2) is 40.8 Å². The van der Waals surface area contributed by atoms with Crippen molar-refractivity contribution < 1.29 is 13.5 Å². The van der Waals surface area contributed by atoms with E-state index in [9.17, 15) is 4.39 Å². The molecule has 2 aliphatic heterocycles. The van der Waals surface area contributed by atoms with Gasteiger partial charge < -0.3 is 14.5 Å². The number of ether oxygens (including phenoxy) is 1. The minimum Gasteiger partial charge on any atom is -0.465 e. The van der Waals surface area contributed by atoms with E-state index >= 15 is 0 Å². The maximum atomic E-state index is 13.4. The Kier molecular flexibility index (Phi) is 5.59. The van der Waals surface area contributed by atoms with Gasteiger partial charge in [-0.25, -0.2) is 9.82 Å². The van der Waals surface area contributed by atoms with Crippen LogP contribution in [0.2, 0.25) is 0 Å². The molecule has 2 fully saturated rings. The second-order valence-electron chi connectivity index (χ2n) is 7.74. The zero-order valence-electron chi connectivity index (χ0n) is 15.8. The molecular formula is C21H28FN3O2. The van der Waals surface area contributed by atoms with Crippen molar-refractivity contribution in [3.63, 3.8) is 0 Å². The normalized spacial score (nSPS) is 25.0. The van der Waals surface area contributed by atoms with E-state index in [1.165, 1.54) is 5.56 Å². The van der Waals surface area contributed by atoms with Crippen LogP contribution < -0.4 is 16.2 Å². The van der Waals surface area contributed by atoms with Gasteiger partial charge in [0.2, 0.25) is 0 Å². The van der Waals surface area contributed by atoms with E-state index in [-0.39, 0.29) is 17.3 Å². The minimum absolute atomic E-state index is 0.00216. The summed E-state index contributed by atoms with van der Waals surface area (Å²) in [7, 11) is 0. The first-order chi connectivity index (χ1) is 13.2. The van der Waals surface area contributed by atoms with Gasteiger partial charge in [-0.3, -0.25) is 5.43 Å². The fraction of sp³-hybridized carbons (Fsp3) is 0.524. The van der Waals surface area contributed by atoms with Crippen molar-refractivity contribution in [2.24, 2.45) is 5.92 Å². The first kappa shape index (κ1) is 18.6. The number of halogens is 1. The second-order valence-corrected chi connectivity index (χ2v) is 7.74. The number of hydrogen-bond donors (Lipinski definition) is 3. The van der Waals surface area contributed by atoms with Crippen molar-refractivity contribution in [3.8, 4) is 0 Å². The predicted octanol–water partition coefficient (Wildman–Crippen LogP) is 2.83. The maximum Gasteiger partial charge on any atom is 0.123 e. The lowest BCUT2D eigenvalue weighted by atomic mass is 9.74. The molecule has 2 saturated heterocycles. The molecule has 146 valence electrons. The lowest BCUT2D eigenvalue weighted by Gasteiger charge is -2.38. The van der Waals surface area contributed by atoms with Crippen LogP contribution in [0.25, 0.3) is 0 Å². The van der Waals surface area contributed by atoms with E-state index in [0.29, 0.717) is 5.92 Å². The van der Waals surface area contributed by atoms with Crippen LogP contribution in [0, 0.1) is 18.7 Å². The summed E-state index contributed by atoms with van der Waals surface area (Å²) in [5.74, 6) is 2.13. The smallest absolute Gasteiger partial charge is 0.123 e. The molecule has 0 aliphatic carbocycles. The van der Waals surface area contributed by atoms with Crippen molar-refractivity contribution in [1.82, 2.24) is 16.2 Å². The molecule has 2 unspecified atom stereocenters. The molecule has 2 aliphatic rings. The third-order valence-corrected chi connectivity index (χ3v) is 5.94. The van der Waals surface area contributed by atoms with Gasteiger partial charge in [0.15, 0.2) is 0 Å². The molecule has 0 radical (unpaired) electrons. The highest BCUT2D eigenvalue weighted by atomic mass is 19.1. The minimum atomic E-state index is -0.186. The average Bonchev–Trinajstić information content (AvgIpc) is 3.32. The summed E-state index contributed by atoms with van der Waals surface area (Å²) in [6.07, 6.45) is 1.90. The van der Waals surface area contributed by atoms with Crippen molar-refractivity contribution in [2.45, 2.75) is 31.2 Å². The van der Waals surface area contributed by atoms with Crippen LogP contribution >= 0.6 is 0 Å². The first-order valence-corrected chi connectivity index (χ1v) is 9.76. The van der Waals surface area contributed by atoms with Crippen LogP contribution in [-0.4, -0.2) is 32.8 Å². The molecule has 0 saturated carbocycles. The largest absolute Gasteiger partial charge is 0.465 e. The van der Waals surface area contributed by atoms with Gasteiger partial charge in [-0.1, -0.05) is 12.1 Å². The van der Waals surface area contributed by atoms with E-state index in [2.05, 4.69) is 16.2 Å². The summed E-state index contributed by atoms with van der Waals surface area (Å²) in [5, 5.41) is 3.69. The fourth-order valence-corrected chi connectivity index (χ4v) is 4.28. The molecule has 5 nitrogen and oxygen atoms in total. The lowest BCUT2D eigenvalue weighted by molar-refractivity contribution is 0.0495. The summed E-state index contributed by atoms with van der Waals surface area (Å²) in [4.78, 5) is 0. The van der Waals surface area contributed by atoms with E-state index < -0.39 is 0 Å². The second kappa shape index (κ2) is 8.10. The summed E-state index contributed by atoms with van der Waals surface area (Å²) in [6.45, 7) is 6.11. The molecule has 27 heavy (non-hydrogen) atoms. The number of hydrogen-bond acceptors (Lipinski definition) is 5. The molecule has 3 heterocycles. The molecule has 4 rings (SSSR count). The topological polar surface area (TPSA) is 58.5 Å². The van der Waals surface area contributed by atoms with Crippen LogP contribution in [0.1, 0.15) is 36.0 Å². The van der Waals surface area contributed by atoms with Gasteiger partial charge in [0, 0.05) is 44.2 Å². The Labute approximate surface area is 159 Å². The van der Waals surface area contributed by atoms with E-state index in [1.807, 2.05) is 31.2 Å². The third kappa shape index (κ3) is 4.09. The Morgan fingerprint density at radius 3 is 2.63 bits per heavy atom. The van der Waals surface area contributed by atoms with Crippen LogP contribution in [-0.2, 0) is 10.2 Å². The number of benzene rings is 1. The highest BCUT2D eigenvalue weighted by Crippen LogP contribution is 2.35. The van der Waals surface area contributed by atoms with Gasteiger partial charge >= 0.3 is 0 Å². The Bertz CT molecular complexity index is 740. The zero-order chi connectivity index (χ0) is 18.7. The summed E-state index contributed by atoms with van der Waals surface area (Å²) >= 11 is 0. The number of furan rings is 1. The van der Waals surface area contributed by atoms with Gasteiger partial charge in [-0.05, 0) is 49.6 Å². The van der Waals surface area contributed by atoms with Crippen molar-refractivity contribution in [2.75, 3.05) is 32.8 Å². The highest BCUT2D eigenvalue weighted by Gasteiger charge is 2.35. The first-order valence-electron chi connectivity index (χ1n) is 9.76. The molecule has 0 spiro atoms. The van der Waals surface area contributed by atoms with E-state index in [4.69, 9.17) is 9.15 Å². The van der Waals surface area contributed by atoms with Crippen LogP contribution in [0.4, 0.5) is 4.39 Å². The average molecular weight is 373 g/mol. The summed E-state index contributed by atoms with van der Waals surface area (Å²) < 4.78 is 24.8. The van der Waals surface area contributed by atoms with Crippen LogP contribution in [0.5, 0.6) is 0 Å². The zero-order valence-corrected chi connectivity index (χ0v) is 15.8. The fourth-order valence-electron chi connectivity index (χ4n) is 4.28. The number of nitrogens with one attached hydrogen (secondary N) is 3. The highest BCUT2D eigenvalue weighted by molar-refractivity contribution is 5.27. The quantitative estimate of drug-likeness (QED) is 0.727. The number of rotatable bonds is 6. The molecule has 1 aromatic carbocycles. The molecular weight excluding hydrogens is 345 g/mol. The maximum absolute atomic E-state index is 13.4. The molecule has 0 bridgehead atoms. The van der Waals surface area contributed by atoms with Gasteiger partial charge in [0.25, 0.3) is 0 Å². The van der Waals surface area contributed by atoms with E-state index in [1.54, 1.807) is 12.1 Å². The molecule has 6 heteroatoms. The SMILES string of the molecule is Cc1ccc(C2NNCC2CNCC2(c3ccc(F)cc3)CCOCC2)o1. The monoisotopic (exact) mass is 373 g/mol. The summed E-state index contributed by atoms with van der Waals surface area (Å²) in [5.41, 5.74) is 7.78. The van der Waals surface area contributed by atoms with Gasteiger partial charge in [-0.15, -0.1) is 0 Å². The van der Waals surface area contributed by atoms with Crippen LogP contribution in [0.3, 0.4) is 0 Å². The molecule has 2 atom stereocenters. The Hall–Kier alpha value is -1.73. The van der Waals surface area contributed by atoms with E-state index in [0.717, 1.165) is 57.2 Å². The van der Waals surface area contributed by atoms with Crippen molar-refractivity contribution in [3.05, 3.63) is 59.3 Å². The number of aryl methyl sites for hydroxylation is 1. The van der Waals surface area contributed by atoms with Gasteiger partial charge in [-0.2, -0.15) is 0 Å². The third-order valence-electron chi connectivity index (χ3n) is 5.94.